The van der Waals surface area contributed by atoms with Crippen molar-refractivity contribution in [2.75, 3.05) is 19.6 Å². The average Bonchev–Trinajstić information content (AvgIpc) is 3.19. The smallest absolute Gasteiger partial charge is 0.251 e. The topological polar surface area (TPSA) is 69.7 Å². The van der Waals surface area contributed by atoms with Crippen LogP contribution in [0.4, 0.5) is 4.39 Å². The second kappa shape index (κ2) is 9.17. The molecule has 7 heteroatoms. The Morgan fingerprint density at radius 3 is 2.48 bits per heavy atom. The summed E-state index contributed by atoms with van der Waals surface area (Å²) in [6, 6.07) is 11.9. The maximum atomic E-state index is 13.7. The van der Waals surface area contributed by atoms with Crippen molar-refractivity contribution < 1.29 is 18.8 Å². The number of rotatable bonds is 6. The minimum absolute atomic E-state index is 0.172. The first-order valence-corrected chi connectivity index (χ1v) is 11.3. The molecule has 0 spiro atoms. The van der Waals surface area contributed by atoms with Crippen molar-refractivity contribution in [3.05, 3.63) is 82.4 Å². The van der Waals surface area contributed by atoms with E-state index in [0.717, 1.165) is 12.0 Å². The molecule has 2 heterocycles. The van der Waals surface area contributed by atoms with Crippen LogP contribution in [0.5, 0.6) is 0 Å². The Bertz CT molecular complexity index is 1130. The molecule has 6 nitrogen and oxygen atoms in total. The van der Waals surface area contributed by atoms with Crippen molar-refractivity contribution in [1.29, 1.82) is 0 Å². The van der Waals surface area contributed by atoms with Crippen molar-refractivity contribution in [3.8, 4) is 0 Å². The first-order chi connectivity index (χ1) is 15.8. The van der Waals surface area contributed by atoms with Crippen molar-refractivity contribution in [1.82, 2.24) is 15.1 Å². The van der Waals surface area contributed by atoms with E-state index >= 15 is 0 Å². The Morgan fingerprint density at radius 2 is 1.85 bits per heavy atom. The summed E-state index contributed by atoms with van der Waals surface area (Å²) >= 11 is 0. The Labute approximate surface area is 193 Å². The predicted octanol–water partition coefficient (Wildman–Crippen LogP) is 3.38. The van der Waals surface area contributed by atoms with Crippen LogP contribution in [0.15, 0.2) is 59.9 Å². The quantitative estimate of drug-likeness (QED) is 0.734. The highest BCUT2D eigenvalue weighted by Crippen LogP contribution is 2.40. The number of fused-ring (bicyclic) bond motifs is 1. The van der Waals surface area contributed by atoms with Crippen molar-refractivity contribution in [2.24, 2.45) is 0 Å². The van der Waals surface area contributed by atoms with Gasteiger partial charge in [-0.25, -0.2) is 4.39 Å². The number of halogens is 1. The lowest BCUT2D eigenvalue weighted by Gasteiger charge is -2.39. The molecular formula is C26H28FN3O3. The summed E-state index contributed by atoms with van der Waals surface area (Å²) < 4.78 is 13.7. The summed E-state index contributed by atoms with van der Waals surface area (Å²) in [5, 5.41) is 2.89. The summed E-state index contributed by atoms with van der Waals surface area (Å²) in [5.74, 6) is -1.33. The largest absolute Gasteiger partial charge is 0.356 e. The summed E-state index contributed by atoms with van der Waals surface area (Å²) in [4.78, 5) is 43.5. The van der Waals surface area contributed by atoms with Crippen molar-refractivity contribution in [3.63, 3.8) is 0 Å². The molecule has 0 bridgehead atoms. The van der Waals surface area contributed by atoms with E-state index in [9.17, 15) is 18.8 Å². The van der Waals surface area contributed by atoms with Gasteiger partial charge in [-0.2, -0.15) is 0 Å². The van der Waals surface area contributed by atoms with Crippen LogP contribution < -0.4 is 5.32 Å². The molecule has 0 unspecified atom stereocenters. The Morgan fingerprint density at radius 1 is 1.12 bits per heavy atom. The zero-order valence-electron chi connectivity index (χ0n) is 19.1. The molecule has 2 aromatic rings. The van der Waals surface area contributed by atoms with Gasteiger partial charge in [-0.3, -0.25) is 19.3 Å². The number of carbonyl (C=O) groups is 3. The maximum absolute atomic E-state index is 13.7. The molecule has 2 aliphatic heterocycles. The molecule has 1 saturated heterocycles. The highest BCUT2D eigenvalue weighted by molar-refractivity contribution is 6.03. The third kappa shape index (κ3) is 4.27. The molecule has 0 radical (unpaired) electrons. The minimum atomic E-state index is -0.979. The van der Waals surface area contributed by atoms with Crippen molar-refractivity contribution in [2.45, 2.75) is 39.2 Å². The fourth-order valence-electron chi connectivity index (χ4n) is 4.80. The van der Waals surface area contributed by atoms with E-state index in [1.807, 2.05) is 19.9 Å². The number of benzene rings is 2. The van der Waals surface area contributed by atoms with Crippen LogP contribution in [0, 0.1) is 12.7 Å². The maximum Gasteiger partial charge on any atom is 0.251 e. The first kappa shape index (κ1) is 22.7. The number of ketones is 1. The summed E-state index contributed by atoms with van der Waals surface area (Å²) in [5.41, 5.74) is 2.45. The van der Waals surface area contributed by atoms with Crippen LogP contribution in [0.3, 0.4) is 0 Å². The molecule has 2 aromatic carbocycles. The van der Waals surface area contributed by atoms with Gasteiger partial charge in [0.25, 0.3) is 11.8 Å². The number of Topliss-reactive ketones (excluding diaryl/α,β-unsaturated/α-hetero) is 1. The van der Waals surface area contributed by atoms with Crippen LogP contribution in [0.25, 0.3) is 0 Å². The molecule has 33 heavy (non-hydrogen) atoms. The van der Waals surface area contributed by atoms with Gasteiger partial charge in [0.05, 0.1) is 0 Å². The zero-order chi connectivity index (χ0) is 23.7. The zero-order valence-corrected chi connectivity index (χ0v) is 19.1. The number of hydrogen-bond donors (Lipinski definition) is 1. The first-order valence-electron chi connectivity index (χ1n) is 11.3. The molecule has 2 amide bonds. The highest BCUT2D eigenvalue weighted by atomic mass is 19.1. The van der Waals surface area contributed by atoms with E-state index < -0.39 is 17.8 Å². The van der Waals surface area contributed by atoms with Gasteiger partial charge in [-0.1, -0.05) is 36.8 Å². The number of carbonyl (C=O) groups excluding carboxylic acids is 3. The molecule has 2 atom stereocenters. The van der Waals surface area contributed by atoms with Crippen molar-refractivity contribution >= 4 is 17.6 Å². The summed E-state index contributed by atoms with van der Waals surface area (Å²) in [7, 11) is 0. The van der Waals surface area contributed by atoms with Crippen LogP contribution in [0.2, 0.25) is 0 Å². The fourth-order valence-corrected chi connectivity index (χ4v) is 4.80. The predicted molar refractivity (Wildman–Crippen MR) is 123 cm³/mol. The minimum Gasteiger partial charge on any atom is -0.356 e. The summed E-state index contributed by atoms with van der Waals surface area (Å²) in [6.45, 7) is 7.21. The number of nitrogens with one attached hydrogen (secondary N) is 1. The second-order valence-electron chi connectivity index (χ2n) is 8.62. The van der Waals surface area contributed by atoms with Gasteiger partial charge in [-0.05, 0) is 50.1 Å². The third-order valence-corrected chi connectivity index (χ3v) is 6.23. The molecular weight excluding hydrogens is 421 g/mol. The van der Waals surface area contributed by atoms with Gasteiger partial charge in [0.1, 0.15) is 17.7 Å². The highest BCUT2D eigenvalue weighted by Gasteiger charge is 2.48. The monoisotopic (exact) mass is 449 g/mol. The van der Waals surface area contributed by atoms with Gasteiger partial charge in [0.15, 0.2) is 5.78 Å². The molecule has 4 rings (SSSR count). The van der Waals surface area contributed by atoms with E-state index in [1.165, 1.54) is 19.1 Å². The van der Waals surface area contributed by atoms with Crippen LogP contribution in [-0.4, -0.2) is 53.1 Å². The molecule has 1 fully saturated rings. The van der Waals surface area contributed by atoms with Crippen LogP contribution >= 0.6 is 0 Å². The molecule has 0 aliphatic carbocycles. The van der Waals surface area contributed by atoms with E-state index in [1.54, 1.807) is 35.2 Å². The van der Waals surface area contributed by atoms with Gasteiger partial charge in [-0.15, -0.1) is 0 Å². The van der Waals surface area contributed by atoms with Gasteiger partial charge in [0, 0.05) is 36.7 Å². The van der Waals surface area contributed by atoms with Gasteiger partial charge >= 0.3 is 0 Å². The molecule has 0 saturated carbocycles. The van der Waals surface area contributed by atoms with E-state index in [-0.39, 0.29) is 17.6 Å². The molecule has 1 N–H and O–H groups in total. The molecule has 2 aliphatic rings. The number of aryl methyl sites for hydroxylation is 1. The molecule has 0 aromatic heterocycles. The Balaban J connectivity index is 1.83. The molecule has 172 valence electrons. The summed E-state index contributed by atoms with van der Waals surface area (Å²) in [6.07, 6.45) is 0.867. The van der Waals surface area contributed by atoms with Gasteiger partial charge in [0.2, 0.25) is 0 Å². The fraction of sp³-hybridized carbons (Fsp3) is 0.346. The SMILES string of the molecule is CCCN1CCN2C(=O)[C@@H](NC(=O)c3cccc(C)c3)[C@@H](c3ccc(F)cc3)C(C(C)=O)=C12. The Hall–Kier alpha value is -3.48. The second-order valence-corrected chi connectivity index (χ2v) is 8.62. The van der Waals surface area contributed by atoms with Crippen LogP contribution in [-0.2, 0) is 9.59 Å². The van der Waals surface area contributed by atoms with E-state index in [2.05, 4.69) is 10.2 Å². The number of hydrogen-bond acceptors (Lipinski definition) is 4. The normalized spacial score (nSPS) is 20.2. The standard InChI is InChI=1S/C26H28FN3O3/c1-4-12-29-13-14-30-25(29)21(17(3)31)22(18-8-10-20(27)11-9-18)23(26(30)33)28-24(32)19-7-5-6-16(2)15-19/h5-11,15,22-23H,4,12-14H2,1-3H3,(H,28,32)/t22-,23-/m0/s1. The van der Waals surface area contributed by atoms with E-state index in [0.29, 0.717) is 42.2 Å². The lowest BCUT2D eigenvalue weighted by Crippen LogP contribution is -2.55. The lowest BCUT2D eigenvalue weighted by molar-refractivity contribution is -0.132. The average molecular weight is 450 g/mol. The number of nitrogens with zero attached hydrogens (tertiary/aromatic N) is 2. The van der Waals surface area contributed by atoms with Crippen LogP contribution in [0.1, 0.15) is 47.7 Å². The third-order valence-electron chi connectivity index (χ3n) is 6.23. The Kier molecular flexibility index (Phi) is 6.31. The van der Waals surface area contributed by atoms with Gasteiger partial charge < -0.3 is 10.2 Å². The lowest BCUT2D eigenvalue weighted by atomic mass is 9.79. The number of amides is 2. The van der Waals surface area contributed by atoms with E-state index in [4.69, 9.17) is 0 Å².